The number of hydrogen-bond donors (Lipinski definition) is 1. The number of amides is 1. The molecular weight excluding hydrogens is 253 g/mol. The summed E-state index contributed by atoms with van der Waals surface area (Å²) in [6.07, 6.45) is 0.783. The Bertz CT molecular complexity index is 521. The van der Waals surface area contributed by atoms with E-state index in [-0.39, 0.29) is 17.3 Å². The second kappa shape index (κ2) is 5.31. The highest BCUT2D eigenvalue weighted by Crippen LogP contribution is 2.23. The Hall–Kier alpha value is -2.02. The highest BCUT2D eigenvalue weighted by molar-refractivity contribution is 5.98. The number of nitro groups is 1. The summed E-state index contributed by atoms with van der Waals surface area (Å²) in [7, 11) is 1.79. The van der Waals surface area contributed by atoms with Crippen LogP contribution in [0.2, 0.25) is 0 Å². The van der Waals surface area contributed by atoms with Gasteiger partial charge in [0.2, 0.25) is 0 Å². The molecule has 7 heteroatoms. The van der Waals surface area contributed by atoms with Gasteiger partial charge in [0.15, 0.2) is 0 Å². The average Bonchev–Trinajstić information content (AvgIpc) is 2.86. The molecule has 102 valence electrons. The van der Waals surface area contributed by atoms with Gasteiger partial charge in [0.1, 0.15) is 11.4 Å². The second-order valence-corrected chi connectivity index (χ2v) is 4.44. The van der Waals surface area contributed by atoms with Gasteiger partial charge in [-0.25, -0.2) is 4.39 Å². The molecule has 1 aliphatic rings. The molecule has 0 bridgehead atoms. The fourth-order valence-electron chi connectivity index (χ4n) is 2.19. The molecule has 1 fully saturated rings. The molecule has 0 spiro atoms. The van der Waals surface area contributed by atoms with Crippen LogP contribution in [-0.4, -0.2) is 41.9 Å². The van der Waals surface area contributed by atoms with E-state index in [1.807, 2.05) is 0 Å². The van der Waals surface area contributed by atoms with Crippen molar-refractivity contribution in [3.8, 4) is 0 Å². The summed E-state index contributed by atoms with van der Waals surface area (Å²) in [6, 6.07) is 3.10. The Labute approximate surface area is 109 Å². The average molecular weight is 267 g/mol. The highest BCUT2D eigenvalue weighted by atomic mass is 19.1. The Balaban J connectivity index is 2.28. The number of carbonyl (C=O) groups excluding carboxylic acids is 1. The van der Waals surface area contributed by atoms with Gasteiger partial charge in [-0.05, 0) is 25.6 Å². The van der Waals surface area contributed by atoms with E-state index in [4.69, 9.17) is 0 Å². The van der Waals surface area contributed by atoms with Gasteiger partial charge < -0.3 is 10.2 Å². The summed E-state index contributed by atoms with van der Waals surface area (Å²) in [5, 5.41) is 13.9. The molecule has 1 heterocycles. The fraction of sp³-hybridized carbons (Fsp3) is 0.417. The Morgan fingerprint density at radius 2 is 2.32 bits per heavy atom. The predicted molar refractivity (Wildman–Crippen MR) is 66.4 cm³/mol. The van der Waals surface area contributed by atoms with Crippen molar-refractivity contribution in [1.29, 1.82) is 0 Å². The number of likely N-dealkylation sites (tertiary alicyclic amines) is 1. The van der Waals surface area contributed by atoms with Crippen LogP contribution < -0.4 is 5.32 Å². The molecule has 1 aliphatic heterocycles. The van der Waals surface area contributed by atoms with E-state index in [1.54, 1.807) is 7.05 Å². The lowest BCUT2D eigenvalue weighted by molar-refractivity contribution is -0.385. The van der Waals surface area contributed by atoms with Gasteiger partial charge in [0.05, 0.1) is 4.92 Å². The first-order valence-electron chi connectivity index (χ1n) is 5.93. The quantitative estimate of drug-likeness (QED) is 0.659. The maximum atomic E-state index is 13.2. The third kappa shape index (κ3) is 2.70. The molecular formula is C12H14FN3O3. The first-order valence-corrected chi connectivity index (χ1v) is 5.93. The second-order valence-electron chi connectivity index (χ2n) is 4.44. The summed E-state index contributed by atoms with van der Waals surface area (Å²) in [5.41, 5.74) is -0.555. The molecule has 1 atom stereocenters. The van der Waals surface area contributed by atoms with E-state index in [0.29, 0.717) is 13.1 Å². The number of hydrogen-bond acceptors (Lipinski definition) is 4. The van der Waals surface area contributed by atoms with Crippen molar-refractivity contribution in [2.75, 3.05) is 20.1 Å². The molecule has 6 nitrogen and oxygen atoms in total. The number of benzene rings is 1. The number of nitro benzene ring substituents is 1. The Morgan fingerprint density at radius 1 is 1.58 bits per heavy atom. The van der Waals surface area contributed by atoms with Crippen LogP contribution in [0.3, 0.4) is 0 Å². The van der Waals surface area contributed by atoms with E-state index in [0.717, 1.165) is 24.6 Å². The minimum atomic E-state index is -0.668. The Kier molecular flexibility index (Phi) is 3.75. The van der Waals surface area contributed by atoms with E-state index >= 15 is 0 Å². The van der Waals surface area contributed by atoms with E-state index < -0.39 is 16.6 Å². The van der Waals surface area contributed by atoms with Gasteiger partial charge in [-0.2, -0.15) is 0 Å². The maximum Gasteiger partial charge on any atom is 0.282 e. The van der Waals surface area contributed by atoms with Gasteiger partial charge >= 0.3 is 0 Å². The molecule has 0 radical (unpaired) electrons. The van der Waals surface area contributed by atoms with Crippen LogP contribution in [0.4, 0.5) is 10.1 Å². The molecule has 0 saturated carbocycles. The summed E-state index contributed by atoms with van der Waals surface area (Å²) in [5.74, 6) is -1.15. The van der Waals surface area contributed by atoms with Crippen LogP contribution in [0.5, 0.6) is 0 Å². The van der Waals surface area contributed by atoms with Gasteiger partial charge in [-0.1, -0.05) is 0 Å². The molecule has 0 aliphatic carbocycles. The van der Waals surface area contributed by atoms with Crippen LogP contribution >= 0.6 is 0 Å². The molecule has 0 aromatic heterocycles. The van der Waals surface area contributed by atoms with Crippen molar-refractivity contribution >= 4 is 11.6 Å². The van der Waals surface area contributed by atoms with Crippen LogP contribution in [-0.2, 0) is 0 Å². The predicted octanol–water partition coefficient (Wildman–Crippen LogP) is 1.17. The molecule has 1 aromatic rings. The lowest BCUT2D eigenvalue weighted by Crippen LogP contribution is -2.33. The third-order valence-corrected chi connectivity index (χ3v) is 3.27. The number of halogens is 1. The number of likely N-dealkylation sites (N-methyl/N-ethyl adjacent to an activating group) is 1. The van der Waals surface area contributed by atoms with Crippen molar-refractivity contribution in [3.05, 3.63) is 39.7 Å². The smallest absolute Gasteiger partial charge is 0.282 e. The van der Waals surface area contributed by atoms with Crippen LogP contribution in [0.1, 0.15) is 16.8 Å². The summed E-state index contributed by atoms with van der Waals surface area (Å²) < 4.78 is 13.2. The highest BCUT2D eigenvalue weighted by Gasteiger charge is 2.30. The largest absolute Gasteiger partial charge is 0.337 e. The van der Waals surface area contributed by atoms with Crippen molar-refractivity contribution < 1.29 is 14.1 Å². The zero-order valence-electron chi connectivity index (χ0n) is 10.4. The molecule has 1 aromatic carbocycles. The zero-order chi connectivity index (χ0) is 14.0. The Morgan fingerprint density at radius 3 is 2.89 bits per heavy atom. The van der Waals surface area contributed by atoms with Crippen molar-refractivity contribution in [1.82, 2.24) is 10.2 Å². The topological polar surface area (TPSA) is 75.5 Å². The van der Waals surface area contributed by atoms with Crippen LogP contribution in [0, 0.1) is 15.9 Å². The molecule has 1 N–H and O–H groups in total. The maximum absolute atomic E-state index is 13.2. The molecule has 2 rings (SSSR count). The van der Waals surface area contributed by atoms with Crippen molar-refractivity contribution in [3.63, 3.8) is 0 Å². The van der Waals surface area contributed by atoms with E-state index in [1.165, 1.54) is 4.90 Å². The molecule has 1 unspecified atom stereocenters. The van der Waals surface area contributed by atoms with Crippen molar-refractivity contribution in [2.24, 2.45) is 0 Å². The van der Waals surface area contributed by atoms with Crippen LogP contribution in [0.15, 0.2) is 18.2 Å². The lowest BCUT2D eigenvalue weighted by atomic mass is 10.1. The first-order chi connectivity index (χ1) is 9.02. The summed E-state index contributed by atoms with van der Waals surface area (Å²) >= 11 is 0. The summed E-state index contributed by atoms with van der Waals surface area (Å²) in [4.78, 5) is 23.9. The first kappa shape index (κ1) is 13.4. The number of rotatable bonds is 3. The SMILES string of the molecule is CNC1CCN(C(=O)c2cc(F)ccc2[N+](=O)[O-])C1. The number of carbonyl (C=O) groups is 1. The molecule has 19 heavy (non-hydrogen) atoms. The van der Waals surface area contributed by atoms with Gasteiger partial charge in [-0.15, -0.1) is 0 Å². The molecule has 1 amide bonds. The lowest BCUT2D eigenvalue weighted by Gasteiger charge is -2.16. The standard InChI is InChI=1S/C12H14FN3O3/c1-14-9-4-5-15(7-9)12(17)10-6-8(13)2-3-11(10)16(18)19/h2-3,6,9,14H,4-5,7H2,1H3. The third-order valence-electron chi connectivity index (χ3n) is 3.27. The number of nitrogens with zero attached hydrogens (tertiary/aromatic N) is 2. The summed E-state index contributed by atoms with van der Waals surface area (Å²) in [6.45, 7) is 0.987. The van der Waals surface area contributed by atoms with Crippen molar-refractivity contribution in [2.45, 2.75) is 12.5 Å². The van der Waals surface area contributed by atoms with E-state index in [2.05, 4.69) is 5.32 Å². The minimum absolute atomic E-state index is 0.177. The van der Waals surface area contributed by atoms with Gasteiger partial charge in [0.25, 0.3) is 11.6 Å². The zero-order valence-corrected chi connectivity index (χ0v) is 10.4. The fourth-order valence-corrected chi connectivity index (χ4v) is 2.19. The molecule has 1 saturated heterocycles. The minimum Gasteiger partial charge on any atom is -0.337 e. The van der Waals surface area contributed by atoms with Gasteiger partial charge in [0, 0.05) is 25.2 Å². The monoisotopic (exact) mass is 267 g/mol. The van der Waals surface area contributed by atoms with Gasteiger partial charge in [-0.3, -0.25) is 14.9 Å². The number of nitrogens with one attached hydrogen (secondary N) is 1. The van der Waals surface area contributed by atoms with Crippen LogP contribution in [0.25, 0.3) is 0 Å². The normalized spacial score (nSPS) is 18.6. The van der Waals surface area contributed by atoms with E-state index in [9.17, 15) is 19.3 Å².